The Hall–Kier alpha value is -3.03. The number of nitrogens with one attached hydrogen (secondary N) is 2. The van der Waals surface area contributed by atoms with Crippen LogP contribution in [0.3, 0.4) is 0 Å². The lowest BCUT2D eigenvalue weighted by Gasteiger charge is -2.11. The summed E-state index contributed by atoms with van der Waals surface area (Å²) in [5.74, 6) is -0.425. The smallest absolute Gasteiger partial charge is 0.416 e. The van der Waals surface area contributed by atoms with Crippen LogP contribution in [-0.4, -0.2) is 25.5 Å². The number of carbonyl (C=O) groups is 2. The van der Waals surface area contributed by atoms with Gasteiger partial charge in [-0.15, -0.1) is 0 Å². The summed E-state index contributed by atoms with van der Waals surface area (Å²) in [7, 11) is 1.48. The van der Waals surface area contributed by atoms with Crippen LogP contribution in [0.25, 0.3) is 0 Å². The third-order valence-electron chi connectivity index (χ3n) is 3.72. The number of rotatable bonds is 6. The van der Waals surface area contributed by atoms with Gasteiger partial charge < -0.3 is 15.4 Å². The minimum absolute atomic E-state index is 0.126. The number of halogens is 3. The normalized spacial score (nSPS) is 11.0. The molecule has 0 saturated carbocycles. The first-order valence-electron chi connectivity index (χ1n) is 8.06. The summed E-state index contributed by atoms with van der Waals surface area (Å²) in [6, 6.07) is 9.59. The third-order valence-corrected chi connectivity index (χ3v) is 3.72. The molecule has 0 atom stereocenters. The SMILES string of the molecule is COc1ccc(C)cc1NC(=O)CNC(=O)Cc1ccc(C(F)(F)F)cc1. The number of methoxy groups -OCH3 is 1. The minimum atomic E-state index is -4.42. The predicted octanol–water partition coefficient (Wildman–Crippen LogP) is 3.32. The average Bonchev–Trinajstić information content (AvgIpc) is 2.60. The van der Waals surface area contributed by atoms with E-state index in [1.807, 2.05) is 13.0 Å². The first-order valence-corrected chi connectivity index (χ1v) is 8.06. The van der Waals surface area contributed by atoms with E-state index in [9.17, 15) is 22.8 Å². The van der Waals surface area contributed by atoms with Gasteiger partial charge in [0.15, 0.2) is 0 Å². The molecule has 27 heavy (non-hydrogen) atoms. The molecule has 0 spiro atoms. The fourth-order valence-corrected chi connectivity index (χ4v) is 2.35. The lowest BCUT2D eigenvalue weighted by Crippen LogP contribution is -2.33. The van der Waals surface area contributed by atoms with Crippen LogP contribution in [-0.2, 0) is 22.2 Å². The Balaban J connectivity index is 1.86. The molecule has 0 aliphatic carbocycles. The van der Waals surface area contributed by atoms with Crippen molar-refractivity contribution in [3.63, 3.8) is 0 Å². The Morgan fingerprint density at radius 3 is 2.30 bits per heavy atom. The maximum Gasteiger partial charge on any atom is 0.416 e. The molecule has 2 amide bonds. The second-order valence-corrected chi connectivity index (χ2v) is 5.90. The molecule has 0 radical (unpaired) electrons. The van der Waals surface area contributed by atoms with E-state index in [0.717, 1.165) is 17.7 Å². The summed E-state index contributed by atoms with van der Waals surface area (Å²) in [4.78, 5) is 23.9. The Bertz CT molecular complexity index is 818. The van der Waals surface area contributed by atoms with Gasteiger partial charge in [0.2, 0.25) is 11.8 Å². The average molecular weight is 380 g/mol. The molecular weight excluding hydrogens is 361 g/mol. The number of carbonyl (C=O) groups excluding carboxylic acids is 2. The Morgan fingerprint density at radius 2 is 1.70 bits per heavy atom. The zero-order valence-electron chi connectivity index (χ0n) is 14.8. The van der Waals surface area contributed by atoms with Crippen molar-refractivity contribution in [1.29, 1.82) is 0 Å². The van der Waals surface area contributed by atoms with E-state index >= 15 is 0 Å². The van der Waals surface area contributed by atoms with Crippen molar-refractivity contribution in [2.75, 3.05) is 19.0 Å². The summed E-state index contributed by atoms with van der Waals surface area (Å²) < 4.78 is 42.7. The van der Waals surface area contributed by atoms with E-state index in [-0.39, 0.29) is 13.0 Å². The van der Waals surface area contributed by atoms with E-state index in [1.165, 1.54) is 19.2 Å². The molecule has 2 rings (SSSR count). The Morgan fingerprint density at radius 1 is 1.04 bits per heavy atom. The molecule has 2 aromatic carbocycles. The van der Waals surface area contributed by atoms with Crippen molar-refractivity contribution in [1.82, 2.24) is 5.32 Å². The van der Waals surface area contributed by atoms with Crippen LogP contribution >= 0.6 is 0 Å². The minimum Gasteiger partial charge on any atom is -0.495 e. The highest BCUT2D eigenvalue weighted by molar-refractivity contribution is 5.96. The van der Waals surface area contributed by atoms with E-state index in [0.29, 0.717) is 17.0 Å². The maximum atomic E-state index is 12.5. The molecule has 0 aromatic heterocycles. The molecule has 0 heterocycles. The number of amides is 2. The molecule has 144 valence electrons. The van der Waals surface area contributed by atoms with Crippen LogP contribution in [0.5, 0.6) is 5.75 Å². The van der Waals surface area contributed by atoms with Crippen molar-refractivity contribution in [3.8, 4) is 5.75 Å². The largest absolute Gasteiger partial charge is 0.495 e. The van der Waals surface area contributed by atoms with E-state index in [2.05, 4.69) is 10.6 Å². The fraction of sp³-hybridized carbons (Fsp3) is 0.263. The number of aryl methyl sites for hydroxylation is 1. The van der Waals surface area contributed by atoms with Gasteiger partial charge in [-0.3, -0.25) is 9.59 Å². The van der Waals surface area contributed by atoms with Gasteiger partial charge >= 0.3 is 6.18 Å². The summed E-state index contributed by atoms with van der Waals surface area (Å²) in [6.07, 6.45) is -4.55. The molecule has 0 saturated heterocycles. The zero-order valence-corrected chi connectivity index (χ0v) is 14.8. The van der Waals surface area contributed by atoms with E-state index in [4.69, 9.17) is 4.74 Å². The van der Waals surface area contributed by atoms with Gasteiger partial charge in [-0.05, 0) is 42.3 Å². The highest BCUT2D eigenvalue weighted by Crippen LogP contribution is 2.29. The number of hydrogen-bond acceptors (Lipinski definition) is 3. The van der Waals surface area contributed by atoms with Crippen molar-refractivity contribution in [2.24, 2.45) is 0 Å². The number of anilines is 1. The molecule has 0 unspecified atom stereocenters. The summed E-state index contributed by atoms with van der Waals surface area (Å²) in [5, 5.41) is 5.08. The van der Waals surface area contributed by atoms with Gasteiger partial charge in [0.25, 0.3) is 0 Å². The lowest BCUT2D eigenvalue weighted by molar-refractivity contribution is -0.137. The summed E-state index contributed by atoms with van der Waals surface area (Å²) in [6.45, 7) is 1.59. The van der Waals surface area contributed by atoms with Crippen LogP contribution in [0, 0.1) is 6.92 Å². The van der Waals surface area contributed by atoms with Gasteiger partial charge in [-0.25, -0.2) is 0 Å². The highest BCUT2D eigenvalue weighted by Gasteiger charge is 2.29. The number of hydrogen-bond donors (Lipinski definition) is 2. The Labute approximate surface area is 154 Å². The van der Waals surface area contributed by atoms with Crippen molar-refractivity contribution in [3.05, 3.63) is 59.2 Å². The predicted molar refractivity (Wildman–Crippen MR) is 94.5 cm³/mol. The maximum absolute atomic E-state index is 12.5. The molecule has 5 nitrogen and oxygen atoms in total. The van der Waals surface area contributed by atoms with Crippen LogP contribution in [0.1, 0.15) is 16.7 Å². The number of alkyl halides is 3. The standard InChI is InChI=1S/C19H19F3N2O3/c1-12-3-8-16(27-2)15(9-12)24-18(26)11-23-17(25)10-13-4-6-14(7-5-13)19(20,21)22/h3-9H,10-11H2,1-2H3,(H,23,25)(H,24,26). The molecule has 0 aliphatic rings. The van der Waals surface area contributed by atoms with Crippen molar-refractivity contribution < 1.29 is 27.5 Å². The molecule has 8 heteroatoms. The van der Waals surface area contributed by atoms with Gasteiger partial charge in [-0.1, -0.05) is 18.2 Å². The van der Waals surface area contributed by atoms with E-state index in [1.54, 1.807) is 12.1 Å². The van der Waals surface area contributed by atoms with Gasteiger partial charge in [0.1, 0.15) is 5.75 Å². The lowest BCUT2D eigenvalue weighted by atomic mass is 10.1. The molecule has 2 N–H and O–H groups in total. The molecule has 0 bridgehead atoms. The molecule has 2 aromatic rings. The van der Waals surface area contributed by atoms with Gasteiger partial charge in [0.05, 0.1) is 31.3 Å². The van der Waals surface area contributed by atoms with Crippen LogP contribution in [0.2, 0.25) is 0 Å². The van der Waals surface area contributed by atoms with E-state index < -0.39 is 23.6 Å². The number of benzene rings is 2. The van der Waals surface area contributed by atoms with Crippen molar-refractivity contribution in [2.45, 2.75) is 19.5 Å². The summed E-state index contributed by atoms with van der Waals surface area (Å²) >= 11 is 0. The quantitative estimate of drug-likeness (QED) is 0.808. The van der Waals surface area contributed by atoms with Crippen molar-refractivity contribution >= 4 is 17.5 Å². The zero-order chi connectivity index (χ0) is 20.0. The van der Waals surface area contributed by atoms with Crippen LogP contribution in [0.15, 0.2) is 42.5 Å². The molecular formula is C19H19F3N2O3. The topological polar surface area (TPSA) is 67.4 Å². The van der Waals surface area contributed by atoms with Crippen LogP contribution in [0.4, 0.5) is 18.9 Å². The first kappa shape index (κ1) is 20.3. The molecule has 0 aliphatic heterocycles. The molecule has 0 fully saturated rings. The van der Waals surface area contributed by atoms with Gasteiger partial charge in [0, 0.05) is 0 Å². The first-order chi connectivity index (χ1) is 12.7. The number of ether oxygens (including phenoxy) is 1. The third kappa shape index (κ3) is 6.02. The van der Waals surface area contributed by atoms with Crippen LogP contribution < -0.4 is 15.4 Å². The monoisotopic (exact) mass is 380 g/mol. The highest BCUT2D eigenvalue weighted by atomic mass is 19.4. The second-order valence-electron chi connectivity index (χ2n) is 5.90. The Kier molecular flexibility index (Phi) is 6.44. The fourth-order valence-electron chi connectivity index (χ4n) is 2.35. The summed E-state index contributed by atoms with van der Waals surface area (Å²) in [5.41, 5.74) is 1.05. The van der Waals surface area contributed by atoms with Gasteiger partial charge in [-0.2, -0.15) is 13.2 Å². The second kappa shape index (κ2) is 8.57.